The molecule has 1 aliphatic rings. The van der Waals surface area contributed by atoms with Crippen molar-refractivity contribution in [1.29, 1.82) is 0 Å². The number of aromatic nitrogens is 3. The van der Waals surface area contributed by atoms with E-state index in [2.05, 4.69) is 17.1 Å². The Morgan fingerprint density at radius 2 is 2.62 bits per heavy atom. The van der Waals surface area contributed by atoms with E-state index < -0.39 is 0 Å². The Bertz CT molecular complexity index is 283. The number of halogens is 1. The van der Waals surface area contributed by atoms with E-state index in [1.807, 2.05) is 4.57 Å². The van der Waals surface area contributed by atoms with Crippen LogP contribution in [0.25, 0.3) is 0 Å². The molecule has 2 atom stereocenters. The van der Waals surface area contributed by atoms with Gasteiger partial charge >= 0.3 is 0 Å². The fourth-order valence-electron chi connectivity index (χ4n) is 1.66. The number of hydrogen-bond acceptors (Lipinski definition) is 3. The fraction of sp³-hybridized carbons (Fsp3) is 0.750. The van der Waals surface area contributed by atoms with Crippen LogP contribution in [0.1, 0.15) is 25.8 Å². The molecule has 0 spiro atoms. The van der Waals surface area contributed by atoms with Gasteiger partial charge in [-0.3, -0.25) is 4.57 Å². The van der Waals surface area contributed by atoms with Crippen LogP contribution in [0.3, 0.4) is 0 Å². The Balaban J connectivity index is 2.12. The molecule has 2 rings (SSSR count). The van der Waals surface area contributed by atoms with Gasteiger partial charge in [-0.2, -0.15) is 0 Å². The third-order valence-electron chi connectivity index (χ3n) is 2.47. The first-order valence-corrected chi connectivity index (χ1v) is 4.83. The van der Waals surface area contributed by atoms with Crippen LogP contribution in [0, 0.1) is 0 Å². The van der Waals surface area contributed by atoms with Crippen molar-refractivity contribution in [3.8, 4) is 0 Å². The summed E-state index contributed by atoms with van der Waals surface area (Å²) in [6.45, 7) is 2.93. The molecule has 2 heterocycles. The first-order chi connectivity index (χ1) is 6.29. The summed E-state index contributed by atoms with van der Waals surface area (Å²) in [5, 5.41) is 7.90. The van der Waals surface area contributed by atoms with Gasteiger partial charge in [0.05, 0.1) is 12.1 Å². The van der Waals surface area contributed by atoms with Gasteiger partial charge in [0.25, 0.3) is 0 Å². The van der Waals surface area contributed by atoms with Crippen molar-refractivity contribution in [2.45, 2.75) is 31.9 Å². The van der Waals surface area contributed by atoms with E-state index >= 15 is 0 Å². The molecule has 1 aromatic rings. The summed E-state index contributed by atoms with van der Waals surface area (Å²) >= 11 is 5.85. The summed E-state index contributed by atoms with van der Waals surface area (Å²) in [5.74, 6) is 0. The van der Waals surface area contributed by atoms with Crippen LogP contribution in [-0.4, -0.2) is 27.5 Å². The van der Waals surface area contributed by atoms with Crippen molar-refractivity contribution >= 4 is 11.6 Å². The second-order valence-electron chi connectivity index (χ2n) is 3.30. The zero-order chi connectivity index (χ0) is 9.26. The molecule has 0 N–H and O–H groups in total. The lowest BCUT2D eigenvalue weighted by molar-refractivity contribution is 0.0732. The molecule has 4 nitrogen and oxygen atoms in total. The molecule has 1 saturated heterocycles. The monoisotopic (exact) mass is 201 g/mol. The highest BCUT2D eigenvalue weighted by atomic mass is 35.5. The van der Waals surface area contributed by atoms with E-state index in [0.717, 1.165) is 19.4 Å². The van der Waals surface area contributed by atoms with Crippen LogP contribution in [0.2, 0.25) is 5.28 Å². The van der Waals surface area contributed by atoms with Crippen LogP contribution in [0.15, 0.2) is 6.33 Å². The maximum absolute atomic E-state index is 5.85. The van der Waals surface area contributed by atoms with Crippen molar-refractivity contribution in [3.05, 3.63) is 11.6 Å². The molecule has 1 aliphatic heterocycles. The van der Waals surface area contributed by atoms with Gasteiger partial charge in [0.15, 0.2) is 0 Å². The van der Waals surface area contributed by atoms with Gasteiger partial charge in [0.1, 0.15) is 6.33 Å². The molecule has 13 heavy (non-hydrogen) atoms. The molecule has 5 heteroatoms. The smallest absolute Gasteiger partial charge is 0.225 e. The maximum atomic E-state index is 5.85. The SMILES string of the molecule is CC(C1CCCO1)n1cnnc1Cl. The largest absolute Gasteiger partial charge is 0.376 e. The lowest BCUT2D eigenvalue weighted by Crippen LogP contribution is -2.20. The Morgan fingerprint density at radius 1 is 1.77 bits per heavy atom. The minimum atomic E-state index is 0.227. The topological polar surface area (TPSA) is 39.9 Å². The van der Waals surface area contributed by atoms with Crippen LogP contribution >= 0.6 is 11.6 Å². The van der Waals surface area contributed by atoms with Gasteiger partial charge in [0, 0.05) is 6.61 Å². The summed E-state index contributed by atoms with van der Waals surface area (Å²) in [6, 6.07) is 0.227. The minimum Gasteiger partial charge on any atom is -0.376 e. The molecule has 72 valence electrons. The van der Waals surface area contributed by atoms with E-state index in [4.69, 9.17) is 16.3 Å². The molecule has 0 radical (unpaired) electrons. The van der Waals surface area contributed by atoms with Crippen molar-refractivity contribution in [1.82, 2.24) is 14.8 Å². The zero-order valence-electron chi connectivity index (χ0n) is 7.48. The summed E-state index contributed by atoms with van der Waals surface area (Å²) < 4.78 is 7.40. The Kier molecular flexibility index (Phi) is 2.51. The molecule has 1 aromatic heterocycles. The average Bonchev–Trinajstić information content (AvgIpc) is 2.72. The van der Waals surface area contributed by atoms with Crippen molar-refractivity contribution in [3.63, 3.8) is 0 Å². The van der Waals surface area contributed by atoms with E-state index in [-0.39, 0.29) is 12.1 Å². The maximum Gasteiger partial charge on any atom is 0.225 e. The van der Waals surface area contributed by atoms with E-state index in [1.54, 1.807) is 6.33 Å². The van der Waals surface area contributed by atoms with Crippen LogP contribution in [-0.2, 0) is 4.74 Å². The van der Waals surface area contributed by atoms with Crippen LogP contribution in [0.4, 0.5) is 0 Å². The second kappa shape index (κ2) is 3.64. The lowest BCUT2D eigenvalue weighted by Gasteiger charge is -2.19. The Labute approximate surface area is 81.9 Å². The summed E-state index contributed by atoms with van der Waals surface area (Å²) in [4.78, 5) is 0. The number of nitrogens with zero attached hydrogens (tertiary/aromatic N) is 3. The van der Waals surface area contributed by atoms with Gasteiger partial charge in [0.2, 0.25) is 5.28 Å². The summed E-state index contributed by atoms with van der Waals surface area (Å²) in [6.07, 6.45) is 4.13. The predicted octanol–water partition coefficient (Wildman–Crippen LogP) is 1.67. The molecule has 0 aromatic carbocycles. The van der Waals surface area contributed by atoms with E-state index in [1.165, 1.54) is 0 Å². The fourth-order valence-corrected chi connectivity index (χ4v) is 1.90. The molecular weight excluding hydrogens is 190 g/mol. The first kappa shape index (κ1) is 8.97. The highest BCUT2D eigenvalue weighted by Crippen LogP contribution is 2.25. The normalized spacial score (nSPS) is 24.9. The highest BCUT2D eigenvalue weighted by Gasteiger charge is 2.24. The number of rotatable bonds is 2. The average molecular weight is 202 g/mol. The van der Waals surface area contributed by atoms with Gasteiger partial charge in [-0.1, -0.05) is 0 Å². The van der Waals surface area contributed by atoms with Crippen molar-refractivity contribution < 1.29 is 4.74 Å². The third-order valence-corrected chi connectivity index (χ3v) is 2.74. The van der Waals surface area contributed by atoms with E-state index in [0.29, 0.717) is 5.28 Å². The summed E-state index contributed by atoms with van der Waals surface area (Å²) in [5.41, 5.74) is 0. The molecule has 0 bridgehead atoms. The predicted molar refractivity (Wildman–Crippen MR) is 48.7 cm³/mol. The third kappa shape index (κ3) is 1.69. The zero-order valence-corrected chi connectivity index (χ0v) is 8.24. The van der Waals surface area contributed by atoms with E-state index in [9.17, 15) is 0 Å². The quantitative estimate of drug-likeness (QED) is 0.731. The Hall–Kier alpha value is -0.610. The molecule has 0 saturated carbocycles. The number of ether oxygens (including phenoxy) is 1. The Morgan fingerprint density at radius 3 is 3.15 bits per heavy atom. The molecule has 1 fully saturated rings. The molecule has 0 aliphatic carbocycles. The summed E-state index contributed by atoms with van der Waals surface area (Å²) in [7, 11) is 0. The van der Waals surface area contributed by atoms with Crippen molar-refractivity contribution in [2.24, 2.45) is 0 Å². The lowest BCUT2D eigenvalue weighted by atomic mass is 10.1. The van der Waals surface area contributed by atoms with Gasteiger partial charge in [-0.05, 0) is 31.4 Å². The molecular formula is C8H12ClN3O. The second-order valence-corrected chi connectivity index (χ2v) is 3.64. The highest BCUT2D eigenvalue weighted by molar-refractivity contribution is 6.28. The first-order valence-electron chi connectivity index (χ1n) is 4.45. The van der Waals surface area contributed by atoms with Crippen molar-refractivity contribution in [2.75, 3.05) is 6.61 Å². The van der Waals surface area contributed by atoms with Gasteiger partial charge in [-0.15, -0.1) is 10.2 Å². The standard InChI is InChI=1S/C8H12ClN3O/c1-6(7-3-2-4-13-7)12-5-10-11-8(12)9/h5-7H,2-4H2,1H3. The minimum absolute atomic E-state index is 0.227. The number of hydrogen-bond donors (Lipinski definition) is 0. The molecule has 2 unspecified atom stereocenters. The van der Waals surface area contributed by atoms with Crippen LogP contribution < -0.4 is 0 Å². The van der Waals surface area contributed by atoms with Gasteiger partial charge < -0.3 is 4.74 Å². The van der Waals surface area contributed by atoms with Crippen LogP contribution in [0.5, 0.6) is 0 Å². The molecule has 0 amide bonds. The van der Waals surface area contributed by atoms with Gasteiger partial charge in [-0.25, -0.2) is 0 Å².